The Morgan fingerprint density at radius 1 is 1.14 bits per heavy atom. The zero-order valence-corrected chi connectivity index (χ0v) is 17.4. The van der Waals surface area contributed by atoms with Gasteiger partial charge in [0, 0.05) is 43.4 Å². The fourth-order valence-electron chi connectivity index (χ4n) is 4.96. The maximum Gasteiger partial charge on any atom is 0.191 e. The summed E-state index contributed by atoms with van der Waals surface area (Å²) in [5.74, 6) is 0.961. The number of hydrogen-bond acceptors (Lipinski definition) is 3. The molecule has 0 saturated carbocycles. The van der Waals surface area contributed by atoms with Crippen molar-refractivity contribution in [3.8, 4) is 0 Å². The first-order chi connectivity index (χ1) is 13.7. The summed E-state index contributed by atoms with van der Waals surface area (Å²) >= 11 is 0. The van der Waals surface area contributed by atoms with Crippen LogP contribution in [-0.4, -0.2) is 55.7 Å². The Morgan fingerprint density at radius 3 is 2.61 bits per heavy atom. The molecule has 1 aromatic rings. The van der Waals surface area contributed by atoms with Gasteiger partial charge in [0.25, 0.3) is 0 Å². The number of aliphatic imine (C=N–C) groups is 1. The molecule has 5 heteroatoms. The molecule has 2 atom stereocenters. The van der Waals surface area contributed by atoms with Gasteiger partial charge in [0.2, 0.25) is 0 Å². The third-order valence-corrected chi connectivity index (χ3v) is 6.54. The maximum absolute atomic E-state index is 4.91. The van der Waals surface area contributed by atoms with Crippen LogP contribution < -0.4 is 15.5 Å². The Bertz CT molecular complexity index is 691. The van der Waals surface area contributed by atoms with E-state index in [-0.39, 0.29) is 0 Å². The van der Waals surface area contributed by atoms with Crippen LogP contribution in [0, 0.1) is 0 Å². The van der Waals surface area contributed by atoms with Crippen molar-refractivity contribution in [3.63, 3.8) is 0 Å². The van der Waals surface area contributed by atoms with Gasteiger partial charge in [-0.2, -0.15) is 0 Å². The second-order valence-corrected chi connectivity index (χ2v) is 8.46. The van der Waals surface area contributed by atoms with E-state index >= 15 is 0 Å². The van der Waals surface area contributed by atoms with Gasteiger partial charge in [-0.05, 0) is 57.4 Å². The minimum atomic E-state index is 0.534. The van der Waals surface area contributed by atoms with Gasteiger partial charge in [0.15, 0.2) is 5.96 Å². The molecule has 0 spiro atoms. The number of benzene rings is 1. The van der Waals surface area contributed by atoms with Gasteiger partial charge in [0.05, 0.1) is 6.54 Å². The molecule has 0 radical (unpaired) electrons. The molecule has 2 fully saturated rings. The van der Waals surface area contributed by atoms with E-state index in [4.69, 9.17) is 4.99 Å². The monoisotopic (exact) mass is 381 g/mol. The molecule has 0 aliphatic carbocycles. The minimum Gasteiger partial charge on any atom is -0.364 e. The molecule has 5 nitrogen and oxygen atoms in total. The van der Waals surface area contributed by atoms with Gasteiger partial charge in [-0.25, -0.2) is 4.99 Å². The quantitative estimate of drug-likeness (QED) is 0.467. The van der Waals surface area contributed by atoms with Crippen LogP contribution in [0.2, 0.25) is 0 Å². The molecule has 3 aliphatic rings. The van der Waals surface area contributed by atoms with Crippen LogP contribution in [0.3, 0.4) is 0 Å². The molecule has 0 aromatic heterocycles. The van der Waals surface area contributed by atoms with E-state index in [1.54, 1.807) is 0 Å². The number of hydrogen-bond donors (Lipinski definition) is 2. The highest BCUT2D eigenvalue weighted by Crippen LogP contribution is 2.32. The van der Waals surface area contributed by atoms with Gasteiger partial charge in [-0.15, -0.1) is 0 Å². The third-order valence-electron chi connectivity index (χ3n) is 6.54. The Labute approximate surface area is 169 Å². The summed E-state index contributed by atoms with van der Waals surface area (Å²) < 4.78 is 0. The molecular formula is C23H35N5. The molecule has 2 unspecified atom stereocenters. The van der Waals surface area contributed by atoms with Crippen LogP contribution in [0.1, 0.15) is 44.6 Å². The van der Waals surface area contributed by atoms with Gasteiger partial charge in [-0.1, -0.05) is 30.7 Å². The van der Waals surface area contributed by atoms with Crippen molar-refractivity contribution in [2.45, 2.75) is 63.7 Å². The average molecular weight is 382 g/mol. The molecule has 2 saturated heterocycles. The van der Waals surface area contributed by atoms with E-state index in [0.717, 1.165) is 37.7 Å². The predicted octanol–water partition coefficient (Wildman–Crippen LogP) is 3.13. The number of guanidine groups is 1. The fraction of sp³-hybridized carbons (Fsp3) is 0.609. The number of fused-ring (bicyclic) bond motifs is 2. The van der Waals surface area contributed by atoms with Crippen molar-refractivity contribution in [1.82, 2.24) is 15.5 Å². The number of anilines is 1. The molecule has 28 heavy (non-hydrogen) atoms. The summed E-state index contributed by atoms with van der Waals surface area (Å²) in [7, 11) is 2.31. The normalized spacial score (nSPS) is 27.9. The zero-order chi connectivity index (χ0) is 19.3. The van der Waals surface area contributed by atoms with E-state index in [9.17, 15) is 0 Å². The van der Waals surface area contributed by atoms with Crippen LogP contribution in [0.5, 0.6) is 0 Å². The molecule has 3 aliphatic heterocycles. The van der Waals surface area contributed by atoms with Crippen LogP contribution >= 0.6 is 0 Å². The summed E-state index contributed by atoms with van der Waals surface area (Å²) in [5, 5.41) is 7.19. The van der Waals surface area contributed by atoms with E-state index < -0.39 is 0 Å². The molecule has 3 heterocycles. The number of nitrogens with zero attached hydrogens (tertiary/aromatic N) is 3. The Morgan fingerprint density at radius 2 is 1.89 bits per heavy atom. The summed E-state index contributed by atoms with van der Waals surface area (Å²) in [6, 6.07) is 10.8. The van der Waals surface area contributed by atoms with Gasteiger partial charge >= 0.3 is 0 Å². The molecule has 4 rings (SSSR count). The van der Waals surface area contributed by atoms with Crippen molar-refractivity contribution in [1.29, 1.82) is 0 Å². The number of nitrogens with one attached hydrogen (secondary N) is 2. The van der Waals surface area contributed by atoms with Gasteiger partial charge in [-0.3, -0.25) is 0 Å². The minimum absolute atomic E-state index is 0.534. The highest BCUT2D eigenvalue weighted by atomic mass is 15.2. The zero-order valence-electron chi connectivity index (χ0n) is 17.4. The standard InChI is InChI=1S/C23H35N5/c1-3-24-23(26-19-15-20-9-7-10-21(16-19)27(20)2)25-17-18-8-6-11-22(14-18)28-12-4-5-13-28/h4-6,8,11,14,19-21H,3,7,9-10,12-13,15-17H2,1-2H3,(H2,24,25,26). The SMILES string of the molecule is CCNC(=NCc1cccc(N2CC=CC2)c1)NC1CC2CCCC(C1)N2C. The van der Waals surface area contributed by atoms with E-state index in [2.05, 4.69) is 70.8 Å². The second-order valence-electron chi connectivity index (χ2n) is 8.46. The summed E-state index contributed by atoms with van der Waals surface area (Å²) in [4.78, 5) is 9.90. The Balaban J connectivity index is 1.39. The summed E-state index contributed by atoms with van der Waals surface area (Å²) in [5.41, 5.74) is 2.56. The smallest absolute Gasteiger partial charge is 0.191 e. The Kier molecular flexibility index (Phi) is 6.20. The van der Waals surface area contributed by atoms with Crippen molar-refractivity contribution in [2.75, 3.05) is 31.6 Å². The number of rotatable bonds is 5. The molecule has 2 N–H and O–H groups in total. The predicted molar refractivity (Wildman–Crippen MR) is 118 cm³/mol. The Hall–Kier alpha value is -2.01. The maximum atomic E-state index is 4.91. The molecule has 0 amide bonds. The van der Waals surface area contributed by atoms with E-state index in [1.807, 2.05) is 0 Å². The summed E-state index contributed by atoms with van der Waals surface area (Å²) in [6.07, 6.45) is 11.0. The van der Waals surface area contributed by atoms with E-state index in [0.29, 0.717) is 12.6 Å². The van der Waals surface area contributed by atoms with Gasteiger partial charge in [0.1, 0.15) is 0 Å². The third kappa shape index (κ3) is 4.52. The number of piperidine rings is 2. The van der Waals surface area contributed by atoms with Crippen molar-refractivity contribution >= 4 is 11.6 Å². The van der Waals surface area contributed by atoms with E-state index in [1.165, 1.54) is 43.4 Å². The topological polar surface area (TPSA) is 42.9 Å². The first-order valence-electron chi connectivity index (χ1n) is 11.0. The van der Waals surface area contributed by atoms with Crippen LogP contribution in [0.25, 0.3) is 0 Å². The van der Waals surface area contributed by atoms with Crippen molar-refractivity contribution in [3.05, 3.63) is 42.0 Å². The van der Waals surface area contributed by atoms with Crippen molar-refractivity contribution < 1.29 is 0 Å². The first-order valence-corrected chi connectivity index (χ1v) is 11.0. The largest absolute Gasteiger partial charge is 0.364 e. The lowest BCUT2D eigenvalue weighted by molar-refractivity contribution is 0.0526. The molecule has 1 aromatic carbocycles. The van der Waals surface area contributed by atoms with Crippen molar-refractivity contribution in [2.24, 2.45) is 4.99 Å². The van der Waals surface area contributed by atoms with Gasteiger partial charge < -0.3 is 20.4 Å². The lowest BCUT2D eigenvalue weighted by Gasteiger charge is -2.47. The summed E-state index contributed by atoms with van der Waals surface area (Å²) in [6.45, 7) is 5.76. The van der Waals surface area contributed by atoms with Crippen LogP contribution in [0.15, 0.2) is 41.4 Å². The lowest BCUT2D eigenvalue weighted by atomic mass is 9.82. The lowest BCUT2D eigenvalue weighted by Crippen LogP contribution is -2.56. The highest BCUT2D eigenvalue weighted by molar-refractivity contribution is 5.80. The van der Waals surface area contributed by atoms with Crippen LogP contribution in [0.4, 0.5) is 5.69 Å². The molecule has 2 bridgehead atoms. The fourth-order valence-corrected chi connectivity index (χ4v) is 4.96. The van der Waals surface area contributed by atoms with Crippen LogP contribution in [-0.2, 0) is 6.54 Å². The second kappa shape index (κ2) is 8.99. The first kappa shape index (κ1) is 19.3. The molecular weight excluding hydrogens is 346 g/mol. The highest BCUT2D eigenvalue weighted by Gasteiger charge is 2.36. The molecule has 152 valence electrons. The average Bonchev–Trinajstić information content (AvgIpc) is 3.22.